The first-order valence-corrected chi connectivity index (χ1v) is 3.43. The van der Waals surface area contributed by atoms with Gasteiger partial charge in [0.05, 0.1) is 5.59 Å². The van der Waals surface area contributed by atoms with E-state index in [-0.39, 0.29) is 5.59 Å². The molecule has 0 unspecified atom stereocenters. The third kappa shape index (κ3) is 1.07. The third-order valence-corrected chi connectivity index (χ3v) is 1.54. The first-order chi connectivity index (χ1) is 5.77. The molecule has 60 valence electrons. The van der Waals surface area contributed by atoms with Crippen LogP contribution in [0.4, 0.5) is 0 Å². The van der Waals surface area contributed by atoms with Gasteiger partial charge in [0, 0.05) is 12.4 Å². The predicted molar refractivity (Wildman–Crippen MR) is 43.7 cm³/mol. The Hall–Kier alpha value is -1.40. The van der Waals surface area contributed by atoms with E-state index < -0.39 is 7.12 Å². The second-order valence-electron chi connectivity index (χ2n) is 2.38. The number of fused-ring (bicyclic) bond motifs is 1. The molecule has 2 heterocycles. The molecule has 0 saturated heterocycles. The molecule has 0 spiro atoms. The van der Waals surface area contributed by atoms with Gasteiger partial charge in [-0.25, -0.2) is 4.98 Å². The Morgan fingerprint density at radius 3 is 3.00 bits per heavy atom. The summed E-state index contributed by atoms with van der Waals surface area (Å²) in [6.07, 6.45) is 3.02. The lowest BCUT2D eigenvalue weighted by Gasteiger charge is -1.95. The van der Waals surface area contributed by atoms with Gasteiger partial charge < -0.3 is 15.0 Å². The monoisotopic (exact) mass is 163 g/mol. The molecule has 0 aliphatic heterocycles. The summed E-state index contributed by atoms with van der Waals surface area (Å²) in [5.74, 6) is 0. The fourth-order valence-corrected chi connectivity index (χ4v) is 0.969. The van der Waals surface area contributed by atoms with Crippen LogP contribution in [0.3, 0.4) is 0 Å². The number of H-pyrrole nitrogens is 1. The summed E-state index contributed by atoms with van der Waals surface area (Å²) in [7, 11) is -1.56. The highest BCUT2D eigenvalue weighted by Crippen LogP contribution is 2.01. The van der Waals surface area contributed by atoms with Crippen LogP contribution in [0.2, 0.25) is 0 Å². The number of nitrogens with zero attached hydrogens (tertiary/aromatic N) is 2. The highest BCUT2D eigenvalue weighted by Gasteiger charge is 2.13. The Morgan fingerprint density at radius 2 is 2.25 bits per heavy atom. The van der Waals surface area contributed by atoms with Crippen molar-refractivity contribution in [3.63, 3.8) is 0 Å². The molecule has 0 saturated carbocycles. The van der Waals surface area contributed by atoms with Crippen LogP contribution < -0.4 is 5.59 Å². The van der Waals surface area contributed by atoms with Crippen molar-refractivity contribution in [3.8, 4) is 0 Å². The molecule has 0 aliphatic rings. The van der Waals surface area contributed by atoms with Gasteiger partial charge in [-0.3, -0.25) is 4.98 Å². The fourth-order valence-electron chi connectivity index (χ4n) is 0.969. The molecule has 0 aromatic carbocycles. The van der Waals surface area contributed by atoms with E-state index in [1.54, 1.807) is 12.3 Å². The zero-order valence-electron chi connectivity index (χ0n) is 6.10. The molecule has 6 heteroatoms. The third-order valence-electron chi connectivity index (χ3n) is 1.54. The zero-order chi connectivity index (χ0) is 8.55. The molecule has 0 fully saturated rings. The molecule has 5 nitrogen and oxygen atoms in total. The summed E-state index contributed by atoms with van der Waals surface area (Å²) in [5.41, 5.74) is 1.42. The van der Waals surface area contributed by atoms with Crippen molar-refractivity contribution in [2.24, 2.45) is 0 Å². The lowest BCUT2D eigenvalue weighted by molar-refractivity contribution is 0.424. The molecule has 3 N–H and O–H groups in total. The highest BCUT2D eigenvalue weighted by atomic mass is 16.4. The fraction of sp³-hybridized carbons (Fsp3) is 0. The molecule has 0 atom stereocenters. The molecule has 0 aliphatic carbocycles. The Kier molecular flexibility index (Phi) is 1.56. The lowest BCUT2D eigenvalue weighted by atomic mass is 9.87. The van der Waals surface area contributed by atoms with Crippen molar-refractivity contribution in [2.75, 3.05) is 0 Å². The number of hydrogen-bond donors (Lipinski definition) is 3. The van der Waals surface area contributed by atoms with Crippen LogP contribution in [0, 0.1) is 0 Å². The van der Waals surface area contributed by atoms with Crippen LogP contribution in [0.1, 0.15) is 0 Å². The van der Waals surface area contributed by atoms with Gasteiger partial charge in [0.1, 0.15) is 5.52 Å². The standard InChI is InChI=1S/C6H6BN3O2/c11-7(12)5-3-9-6-4(10-5)1-2-8-6/h1-3,11-12H,(H,8,9). The summed E-state index contributed by atoms with van der Waals surface area (Å²) in [4.78, 5) is 10.7. The Balaban J connectivity index is 2.60. The summed E-state index contributed by atoms with van der Waals surface area (Å²) < 4.78 is 0. The second kappa shape index (κ2) is 2.58. The summed E-state index contributed by atoms with van der Waals surface area (Å²) in [5, 5.41) is 17.5. The van der Waals surface area contributed by atoms with E-state index in [2.05, 4.69) is 15.0 Å². The number of aromatic amines is 1. The maximum atomic E-state index is 8.76. The van der Waals surface area contributed by atoms with Crippen molar-refractivity contribution < 1.29 is 10.0 Å². The highest BCUT2D eigenvalue weighted by molar-refractivity contribution is 6.57. The topological polar surface area (TPSA) is 82.0 Å². The van der Waals surface area contributed by atoms with Crippen LogP contribution in [-0.4, -0.2) is 32.1 Å². The molecule has 12 heavy (non-hydrogen) atoms. The molecule has 2 aromatic rings. The average Bonchev–Trinajstić information content (AvgIpc) is 2.49. The van der Waals surface area contributed by atoms with Crippen LogP contribution >= 0.6 is 0 Å². The first kappa shape index (κ1) is 7.26. The minimum atomic E-state index is -1.56. The predicted octanol–water partition coefficient (Wildman–Crippen LogP) is -1.36. The number of hydrogen-bond acceptors (Lipinski definition) is 4. The van der Waals surface area contributed by atoms with Gasteiger partial charge in [-0.05, 0) is 6.07 Å². The Bertz CT molecular complexity index is 400. The summed E-state index contributed by atoms with van der Waals surface area (Å²) in [6.45, 7) is 0. The van der Waals surface area contributed by atoms with E-state index in [1.807, 2.05) is 0 Å². The summed E-state index contributed by atoms with van der Waals surface area (Å²) >= 11 is 0. The van der Waals surface area contributed by atoms with E-state index in [0.717, 1.165) is 0 Å². The molecule has 0 amide bonds. The van der Waals surface area contributed by atoms with Gasteiger partial charge in [0.15, 0.2) is 5.65 Å². The Morgan fingerprint density at radius 1 is 1.42 bits per heavy atom. The van der Waals surface area contributed by atoms with E-state index in [1.165, 1.54) is 6.20 Å². The van der Waals surface area contributed by atoms with E-state index in [9.17, 15) is 0 Å². The van der Waals surface area contributed by atoms with Gasteiger partial charge in [-0.2, -0.15) is 0 Å². The maximum Gasteiger partial charge on any atom is 0.509 e. The van der Waals surface area contributed by atoms with Gasteiger partial charge in [0.25, 0.3) is 0 Å². The SMILES string of the molecule is OB(O)c1cnc2[nH]ccc2n1. The van der Waals surface area contributed by atoms with E-state index >= 15 is 0 Å². The maximum absolute atomic E-state index is 8.76. The number of rotatable bonds is 1. The zero-order valence-corrected chi connectivity index (χ0v) is 6.10. The van der Waals surface area contributed by atoms with E-state index in [0.29, 0.717) is 11.2 Å². The number of aromatic nitrogens is 3. The van der Waals surface area contributed by atoms with Crippen molar-refractivity contribution in [3.05, 3.63) is 18.5 Å². The quantitative estimate of drug-likeness (QED) is 0.453. The van der Waals surface area contributed by atoms with Crippen molar-refractivity contribution in [1.29, 1.82) is 0 Å². The normalized spacial score (nSPS) is 10.5. The molecular formula is C6H6BN3O2. The minimum absolute atomic E-state index is 0.155. The summed E-state index contributed by atoms with van der Waals surface area (Å²) in [6, 6.07) is 1.72. The molecule has 0 radical (unpaired) electrons. The number of nitrogens with one attached hydrogen (secondary N) is 1. The van der Waals surface area contributed by atoms with Gasteiger partial charge >= 0.3 is 7.12 Å². The Labute approximate surface area is 68.2 Å². The van der Waals surface area contributed by atoms with Gasteiger partial charge in [-0.15, -0.1) is 0 Å². The first-order valence-electron chi connectivity index (χ1n) is 3.43. The van der Waals surface area contributed by atoms with Gasteiger partial charge in [-0.1, -0.05) is 0 Å². The van der Waals surface area contributed by atoms with Crippen LogP contribution in [0.15, 0.2) is 18.5 Å². The molecule has 2 rings (SSSR count). The molecule has 2 aromatic heterocycles. The average molecular weight is 163 g/mol. The molecular weight excluding hydrogens is 157 g/mol. The largest absolute Gasteiger partial charge is 0.509 e. The van der Waals surface area contributed by atoms with Crippen molar-refractivity contribution >= 4 is 23.9 Å². The smallest absolute Gasteiger partial charge is 0.422 e. The molecule has 0 bridgehead atoms. The van der Waals surface area contributed by atoms with Crippen LogP contribution in [0.5, 0.6) is 0 Å². The van der Waals surface area contributed by atoms with Crippen molar-refractivity contribution in [1.82, 2.24) is 15.0 Å². The second-order valence-corrected chi connectivity index (χ2v) is 2.38. The lowest BCUT2D eigenvalue weighted by Crippen LogP contribution is -2.32. The van der Waals surface area contributed by atoms with Crippen LogP contribution in [-0.2, 0) is 0 Å². The van der Waals surface area contributed by atoms with E-state index in [4.69, 9.17) is 10.0 Å². The van der Waals surface area contributed by atoms with Crippen LogP contribution in [0.25, 0.3) is 11.2 Å². The van der Waals surface area contributed by atoms with Gasteiger partial charge in [0.2, 0.25) is 0 Å². The minimum Gasteiger partial charge on any atom is -0.422 e. The van der Waals surface area contributed by atoms with Crippen molar-refractivity contribution in [2.45, 2.75) is 0 Å².